The molecule has 0 spiro atoms. The van der Waals surface area contributed by atoms with Gasteiger partial charge in [0.1, 0.15) is 5.76 Å². The number of Topliss-reactive ketones (excluding diaryl/α,β-unsaturated/α-hetero) is 1. The zero-order valence-corrected chi connectivity index (χ0v) is 10.2. The van der Waals surface area contributed by atoms with Crippen LogP contribution in [0.5, 0.6) is 0 Å². The smallest absolute Gasteiger partial charge is 0.174 e. The molecule has 1 unspecified atom stereocenters. The molecule has 3 rings (SSSR count). The molecule has 0 saturated carbocycles. The van der Waals surface area contributed by atoms with Crippen LogP contribution < -0.4 is 0 Å². The maximum absolute atomic E-state index is 12.3. The van der Waals surface area contributed by atoms with Crippen molar-refractivity contribution in [3.63, 3.8) is 0 Å². The zero-order valence-electron chi connectivity index (χ0n) is 10.2. The molecule has 0 aromatic heterocycles. The Morgan fingerprint density at radius 1 is 1.17 bits per heavy atom. The molecule has 2 heteroatoms. The van der Waals surface area contributed by atoms with E-state index < -0.39 is 0 Å². The quantitative estimate of drug-likeness (QED) is 0.816. The van der Waals surface area contributed by atoms with Gasteiger partial charge in [-0.1, -0.05) is 31.2 Å². The Morgan fingerprint density at radius 3 is 2.50 bits per heavy atom. The van der Waals surface area contributed by atoms with Crippen LogP contribution in [0.2, 0.25) is 0 Å². The van der Waals surface area contributed by atoms with E-state index in [1.54, 1.807) is 6.08 Å². The van der Waals surface area contributed by atoms with Crippen LogP contribution >= 0.6 is 0 Å². The number of allylic oxidation sites excluding steroid dienone is 1. The molecule has 1 aliphatic rings. The van der Waals surface area contributed by atoms with Crippen LogP contribution in [0, 0.1) is 5.92 Å². The summed E-state index contributed by atoms with van der Waals surface area (Å²) in [6.45, 7) is 1.92. The van der Waals surface area contributed by atoms with E-state index in [1.165, 1.54) is 0 Å². The highest BCUT2D eigenvalue weighted by atomic mass is 16.3. The highest BCUT2D eigenvalue weighted by Gasteiger charge is 2.28. The van der Waals surface area contributed by atoms with Crippen LogP contribution in [-0.2, 0) is 0 Å². The lowest BCUT2D eigenvalue weighted by Gasteiger charge is -2.20. The first-order valence-corrected chi connectivity index (χ1v) is 6.18. The zero-order chi connectivity index (χ0) is 12.7. The fourth-order valence-electron chi connectivity index (χ4n) is 2.57. The van der Waals surface area contributed by atoms with E-state index >= 15 is 0 Å². The van der Waals surface area contributed by atoms with Crippen molar-refractivity contribution in [3.8, 4) is 0 Å². The van der Waals surface area contributed by atoms with Gasteiger partial charge in [-0.2, -0.15) is 0 Å². The van der Waals surface area contributed by atoms with Gasteiger partial charge < -0.3 is 5.11 Å². The largest absolute Gasteiger partial charge is 0.512 e. The number of fused-ring (bicyclic) bond motifs is 2. The van der Waals surface area contributed by atoms with Crippen molar-refractivity contribution in [2.75, 3.05) is 0 Å². The molecule has 2 aromatic carbocycles. The first-order chi connectivity index (χ1) is 8.70. The molecule has 0 heterocycles. The summed E-state index contributed by atoms with van der Waals surface area (Å²) < 4.78 is 0. The molecule has 0 radical (unpaired) electrons. The number of ketones is 1. The average Bonchev–Trinajstić information content (AvgIpc) is 2.37. The van der Waals surface area contributed by atoms with Crippen molar-refractivity contribution >= 4 is 22.6 Å². The van der Waals surface area contributed by atoms with Gasteiger partial charge in [0.15, 0.2) is 5.78 Å². The van der Waals surface area contributed by atoms with Crippen LogP contribution in [0.3, 0.4) is 0 Å². The van der Waals surface area contributed by atoms with Crippen LogP contribution in [-0.4, -0.2) is 10.9 Å². The van der Waals surface area contributed by atoms with Gasteiger partial charge in [0.2, 0.25) is 0 Å². The van der Waals surface area contributed by atoms with Crippen molar-refractivity contribution in [1.82, 2.24) is 0 Å². The Kier molecular flexibility index (Phi) is 2.44. The Bertz CT molecular complexity index is 668. The molecule has 1 N–H and O–H groups in total. The molecule has 90 valence electrons. The fourth-order valence-corrected chi connectivity index (χ4v) is 2.57. The normalized spacial score (nSPS) is 18.6. The summed E-state index contributed by atoms with van der Waals surface area (Å²) in [5, 5.41) is 12.0. The highest BCUT2D eigenvalue weighted by Crippen LogP contribution is 2.31. The number of benzene rings is 2. The first-order valence-electron chi connectivity index (χ1n) is 6.18. The Balaban J connectivity index is 2.27. The third-order valence-electron chi connectivity index (χ3n) is 3.57. The van der Waals surface area contributed by atoms with E-state index in [0.29, 0.717) is 6.42 Å². The number of hydrogen-bond donors (Lipinski definition) is 1. The maximum atomic E-state index is 12.3. The number of carbonyl (C=O) groups is 1. The number of aliphatic hydroxyl groups excluding tert-OH is 1. The molecule has 0 amide bonds. The van der Waals surface area contributed by atoms with Gasteiger partial charge in [-0.15, -0.1) is 0 Å². The van der Waals surface area contributed by atoms with E-state index in [4.69, 9.17) is 0 Å². The molecule has 2 aromatic rings. The topological polar surface area (TPSA) is 37.3 Å². The van der Waals surface area contributed by atoms with E-state index in [1.807, 2.05) is 43.3 Å². The van der Waals surface area contributed by atoms with Crippen molar-refractivity contribution in [2.24, 2.45) is 5.92 Å². The van der Waals surface area contributed by atoms with Crippen molar-refractivity contribution in [3.05, 3.63) is 53.3 Å². The van der Waals surface area contributed by atoms with Gasteiger partial charge in [0, 0.05) is 5.56 Å². The van der Waals surface area contributed by atoms with Crippen LogP contribution in [0.15, 0.2) is 42.2 Å². The van der Waals surface area contributed by atoms with Crippen LogP contribution in [0.4, 0.5) is 0 Å². The lowest BCUT2D eigenvalue weighted by Crippen LogP contribution is -2.21. The number of aliphatic hydroxyl groups is 1. The lowest BCUT2D eigenvalue weighted by molar-refractivity contribution is 0.0908. The Labute approximate surface area is 106 Å². The standard InChI is InChI=1S/C16H14O2/c1-2-13-15(17)9-12-7-10-5-3-4-6-11(10)8-14(12)16(13)18/h3-9,13,17H,2H2,1H3. The Hall–Kier alpha value is -2.09. The van der Waals surface area contributed by atoms with E-state index in [9.17, 15) is 9.90 Å². The number of carbonyl (C=O) groups excluding carboxylic acids is 1. The second-order valence-electron chi connectivity index (χ2n) is 4.68. The van der Waals surface area contributed by atoms with Gasteiger partial charge in [0.05, 0.1) is 5.92 Å². The minimum atomic E-state index is -0.376. The van der Waals surface area contributed by atoms with Crippen LogP contribution in [0.1, 0.15) is 29.3 Å². The molecule has 0 aliphatic heterocycles. The van der Waals surface area contributed by atoms with Crippen LogP contribution in [0.25, 0.3) is 16.8 Å². The predicted molar refractivity (Wildman–Crippen MR) is 72.7 cm³/mol. The SMILES string of the molecule is CCC1C(=O)c2cc3ccccc3cc2C=C1O. The molecule has 0 fully saturated rings. The summed E-state index contributed by atoms with van der Waals surface area (Å²) in [6.07, 6.45) is 2.35. The maximum Gasteiger partial charge on any atom is 0.174 e. The van der Waals surface area contributed by atoms with E-state index in [2.05, 4.69) is 0 Å². The number of hydrogen-bond acceptors (Lipinski definition) is 2. The van der Waals surface area contributed by atoms with Crippen molar-refractivity contribution < 1.29 is 9.90 Å². The second-order valence-corrected chi connectivity index (χ2v) is 4.68. The lowest BCUT2D eigenvalue weighted by atomic mass is 9.84. The molecule has 18 heavy (non-hydrogen) atoms. The molecule has 0 bridgehead atoms. The monoisotopic (exact) mass is 238 g/mol. The van der Waals surface area contributed by atoms with E-state index in [0.717, 1.165) is 21.9 Å². The van der Waals surface area contributed by atoms with E-state index in [-0.39, 0.29) is 17.5 Å². The summed E-state index contributed by atoms with van der Waals surface area (Å²) in [4.78, 5) is 12.3. The van der Waals surface area contributed by atoms with Gasteiger partial charge in [-0.3, -0.25) is 4.79 Å². The summed E-state index contributed by atoms with van der Waals surface area (Å²) in [7, 11) is 0. The van der Waals surface area contributed by atoms with Gasteiger partial charge in [0.25, 0.3) is 0 Å². The van der Waals surface area contributed by atoms with Gasteiger partial charge in [-0.05, 0) is 41.0 Å². The second kappa shape index (κ2) is 3.98. The fraction of sp³-hybridized carbons (Fsp3) is 0.188. The molecule has 2 nitrogen and oxygen atoms in total. The minimum absolute atomic E-state index is 0.0262. The summed E-state index contributed by atoms with van der Waals surface area (Å²) >= 11 is 0. The first kappa shape index (κ1) is 11.0. The van der Waals surface area contributed by atoms with Crippen molar-refractivity contribution in [1.29, 1.82) is 0 Å². The number of rotatable bonds is 1. The third-order valence-corrected chi connectivity index (χ3v) is 3.57. The third kappa shape index (κ3) is 1.53. The summed E-state index contributed by atoms with van der Waals surface area (Å²) in [5.41, 5.74) is 1.54. The summed E-state index contributed by atoms with van der Waals surface area (Å²) in [5.74, 6) is -0.165. The molecule has 1 atom stereocenters. The molecule has 0 saturated heterocycles. The van der Waals surface area contributed by atoms with Crippen molar-refractivity contribution in [2.45, 2.75) is 13.3 Å². The average molecular weight is 238 g/mol. The highest BCUT2D eigenvalue weighted by molar-refractivity contribution is 6.08. The molecular formula is C16H14O2. The minimum Gasteiger partial charge on any atom is -0.512 e. The predicted octanol–water partition coefficient (Wildman–Crippen LogP) is 3.96. The summed E-state index contributed by atoms with van der Waals surface area (Å²) in [6, 6.07) is 11.8. The Morgan fingerprint density at radius 2 is 1.83 bits per heavy atom. The van der Waals surface area contributed by atoms with Gasteiger partial charge >= 0.3 is 0 Å². The molecule has 1 aliphatic carbocycles. The molecular weight excluding hydrogens is 224 g/mol. The van der Waals surface area contributed by atoms with Gasteiger partial charge in [-0.25, -0.2) is 0 Å².